The summed E-state index contributed by atoms with van der Waals surface area (Å²) in [6.45, 7) is 11.4. The number of phenolic OH excluding ortho intramolecular Hbond substituents is 1. The first-order valence-electron chi connectivity index (χ1n) is 8.94. The van der Waals surface area contributed by atoms with Crippen molar-refractivity contribution in [1.29, 1.82) is 0 Å². The monoisotopic (exact) mass is 354 g/mol. The Morgan fingerprint density at radius 2 is 1.81 bits per heavy atom. The first kappa shape index (κ1) is 18.3. The van der Waals surface area contributed by atoms with Gasteiger partial charge < -0.3 is 14.6 Å². The Labute approximate surface area is 154 Å². The molecule has 0 saturated heterocycles. The Hall–Kier alpha value is -2.49. The minimum absolute atomic E-state index is 0.320. The lowest BCUT2D eigenvalue weighted by Crippen LogP contribution is -2.41. The summed E-state index contributed by atoms with van der Waals surface area (Å²) in [6, 6.07) is 5.67. The Balaban J connectivity index is 1.90. The molecule has 1 N–H and O–H groups in total. The summed E-state index contributed by atoms with van der Waals surface area (Å²) < 4.78 is 12.0. The van der Waals surface area contributed by atoms with E-state index >= 15 is 0 Å². The topological polar surface area (TPSA) is 55.8 Å². The first-order valence-corrected chi connectivity index (χ1v) is 8.94. The van der Waals surface area contributed by atoms with Crippen molar-refractivity contribution in [3.63, 3.8) is 0 Å². The molecule has 0 bridgehead atoms. The average molecular weight is 354 g/mol. The highest BCUT2D eigenvalue weighted by molar-refractivity contribution is 5.91. The number of aromatic hydroxyl groups is 1. The smallest absolute Gasteiger partial charge is 0.341 e. The molecular formula is C22H26O4. The number of hydrogen-bond donors (Lipinski definition) is 1. The summed E-state index contributed by atoms with van der Waals surface area (Å²) in [5, 5.41) is 10.3. The molecule has 2 aromatic rings. The van der Waals surface area contributed by atoms with Crippen LogP contribution in [0.3, 0.4) is 0 Å². The Kier molecular flexibility index (Phi) is 4.47. The van der Waals surface area contributed by atoms with Gasteiger partial charge in [-0.15, -0.1) is 0 Å². The number of hydrogen-bond acceptors (Lipinski definition) is 4. The molecule has 138 valence electrons. The van der Waals surface area contributed by atoms with Gasteiger partial charge in [0.25, 0.3) is 5.79 Å². The van der Waals surface area contributed by atoms with E-state index in [1.165, 1.54) is 0 Å². The maximum Gasteiger partial charge on any atom is 0.341 e. The molecule has 2 aromatic carbocycles. The van der Waals surface area contributed by atoms with Crippen molar-refractivity contribution in [2.45, 2.75) is 60.2 Å². The van der Waals surface area contributed by atoms with E-state index < -0.39 is 5.79 Å². The molecule has 26 heavy (non-hydrogen) atoms. The van der Waals surface area contributed by atoms with E-state index in [1.54, 1.807) is 13.0 Å². The van der Waals surface area contributed by atoms with Gasteiger partial charge in [-0.1, -0.05) is 17.7 Å². The van der Waals surface area contributed by atoms with Crippen molar-refractivity contribution in [2.75, 3.05) is 0 Å². The summed E-state index contributed by atoms with van der Waals surface area (Å²) >= 11 is 0. The zero-order valence-corrected chi connectivity index (χ0v) is 16.3. The van der Waals surface area contributed by atoms with E-state index in [9.17, 15) is 9.90 Å². The third-order valence-corrected chi connectivity index (χ3v) is 5.40. The largest absolute Gasteiger partial charge is 0.507 e. The molecule has 1 unspecified atom stereocenters. The van der Waals surface area contributed by atoms with Gasteiger partial charge in [0.05, 0.1) is 5.56 Å². The number of benzene rings is 2. The van der Waals surface area contributed by atoms with E-state index in [0.717, 1.165) is 39.1 Å². The number of rotatable bonds is 2. The van der Waals surface area contributed by atoms with Crippen LogP contribution >= 0.6 is 0 Å². The molecule has 0 radical (unpaired) electrons. The Bertz CT molecular complexity index is 898. The van der Waals surface area contributed by atoms with Crippen molar-refractivity contribution in [3.8, 4) is 11.5 Å². The van der Waals surface area contributed by atoms with Gasteiger partial charge in [0.1, 0.15) is 11.5 Å². The van der Waals surface area contributed by atoms with Crippen LogP contribution in [0.1, 0.15) is 57.1 Å². The number of fused-ring (bicyclic) bond motifs is 1. The lowest BCUT2D eigenvalue weighted by molar-refractivity contribution is -0.142. The van der Waals surface area contributed by atoms with E-state index in [0.29, 0.717) is 24.2 Å². The molecule has 0 fully saturated rings. The van der Waals surface area contributed by atoms with Crippen LogP contribution in [0.4, 0.5) is 0 Å². The Morgan fingerprint density at radius 3 is 2.46 bits per heavy atom. The summed E-state index contributed by atoms with van der Waals surface area (Å²) in [5.74, 6) is -0.360. The van der Waals surface area contributed by atoms with E-state index in [-0.39, 0.29) is 5.97 Å². The van der Waals surface area contributed by atoms with E-state index in [4.69, 9.17) is 9.47 Å². The fourth-order valence-corrected chi connectivity index (χ4v) is 3.59. The molecule has 1 aliphatic heterocycles. The zero-order chi connectivity index (χ0) is 19.2. The number of ether oxygens (including phenoxy) is 2. The van der Waals surface area contributed by atoms with Crippen molar-refractivity contribution < 1.29 is 19.4 Å². The first-order chi connectivity index (χ1) is 12.1. The van der Waals surface area contributed by atoms with Gasteiger partial charge in [-0.05, 0) is 69.4 Å². The lowest BCUT2D eigenvalue weighted by atomic mass is 9.91. The van der Waals surface area contributed by atoms with Gasteiger partial charge in [-0.2, -0.15) is 0 Å². The van der Waals surface area contributed by atoms with E-state index in [1.807, 2.05) is 46.8 Å². The minimum atomic E-state index is -1.03. The molecule has 3 rings (SSSR count). The highest BCUT2D eigenvalue weighted by Gasteiger charge is 2.38. The number of carbonyl (C=O) groups excluding carboxylic acids is 1. The van der Waals surface area contributed by atoms with Gasteiger partial charge >= 0.3 is 5.97 Å². The average Bonchev–Trinajstić information content (AvgIpc) is 2.57. The maximum absolute atomic E-state index is 12.7. The fraction of sp³-hybridized carbons (Fsp3) is 0.409. The third-order valence-electron chi connectivity index (χ3n) is 5.40. The normalized spacial score (nSPS) is 18.8. The second-order valence-corrected chi connectivity index (χ2v) is 7.48. The van der Waals surface area contributed by atoms with Crippen LogP contribution in [-0.4, -0.2) is 16.9 Å². The lowest BCUT2D eigenvalue weighted by Gasteiger charge is -2.37. The molecule has 0 spiro atoms. The predicted octanol–water partition coefficient (Wildman–Crippen LogP) is 4.83. The third kappa shape index (κ3) is 3.05. The van der Waals surface area contributed by atoms with Crippen LogP contribution in [-0.2, 0) is 11.2 Å². The van der Waals surface area contributed by atoms with Crippen molar-refractivity contribution in [1.82, 2.24) is 0 Å². The zero-order valence-electron chi connectivity index (χ0n) is 16.3. The van der Waals surface area contributed by atoms with Gasteiger partial charge in [0, 0.05) is 18.9 Å². The molecule has 0 amide bonds. The standard InChI is InChI=1S/C22H26O4/c1-12-7-8-17(13(2)11-12)21(24)26-22(6)10-9-18-16(5)19(23)14(3)15(4)20(18)25-22/h7-8,11,23H,9-10H2,1-6H3. The predicted molar refractivity (Wildman–Crippen MR) is 101 cm³/mol. The summed E-state index contributed by atoms with van der Waals surface area (Å²) in [4.78, 5) is 12.7. The highest BCUT2D eigenvalue weighted by atomic mass is 16.7. The summed E-state index contributed by atoms with van der Waals surface area (Å²) in [6.07, 6.45) is 1.23. The highest BCUT2D eigenvalue weighted by Crippen LogP contribution is 2.43. The summed E-state index contributed by atoms with van der Waals surface area (Å²) in [7, 11) is 0. The van der Waals surface area contributed by atoms with Gasteiger partial charge in [0.15, 0.2) is 0 Å². The van der Waals surface area contributed by atoms with Crippen LogP contribution in [0.5, 0.6) is 11.5 Å². The second kappa shape index (κ2) is 6.35. The van der Waals surface area contributed by atoms with Crippen molar-refractivity contribution in [2.24, 2.45) is 0 Å². The fourth-order valence-electron chi connectivity index (χ4n) is 3.59. The second-order valence-electron chi connectivity index (χ2n) is 7.48. The quantitative estimate of drug-likeness (QED) is 0.785. The Morgan fingerprint density at radius 1 is 1.12 bits per heavy atom. The molecule has 4 nitrogen and oxygen atoms in total. The van der Waals surface area contributed by atoms with Crippen LogP contribution in [0.25, 0.3) is 0 Å². The van der Waals surface area contributed by atoms with E-state index in [2.05, 4.69) is 0 Å². The van der Waals surface area contributed by atoms with Gasteiger partial charge in [-0.3, -0.25) is 0 Å². The molecule has 0 aromatic heterocycles. The molecule has 4 heteroatoms. The molecule has 1 heterocycles. The van der Waals surface area contributed by atoms with Crippen LogP contribution in [0, 0.1) is 34.6 Å². The van der Waals surface area contributed by atoms with Crippen LogP contribution in [0.2, 0.25) is 0 Å². The van der Waals surface area contributed by atoms with Gasteiger partial charge in [-0.25, -0.2) is 4.79 Å². The summed E-state index contributed by atoms with van der Waals surface area (Å²) in [5.41, 5.74) is 6.07. The number of carbonyl (C=O) groups is 1. The minimum Gasteiger partial charge on any atom is -0.507 e. The SMILES string of the molecule is Cc1ccc(C(=O)OC2(C)CCc3c(C)c(O)c(C)c(C)c3O2)c(C)c1. The van der Waals surface area contributed by atoms with Crippen molar-refractivity contribution in [3.05, 3.63) is 57.1 Å². The molecule has 0 saturated carbocycles. The number of aryl methyl sites for hydroxylation is 2. The van der Waals surface area contributed by atoms with Gasteiger partial charge in [0.2, 0.25) is 0 Å². The van der Waals surface area contributed by atoms with Crippen LogP contribution in [0.15, 0.2) is 18.2 Å². The molecule has 1 aliphatic rings. The number of phenols is 1. The molecular weight excluding hydrogens is 328 g/mol. The maximum atomic E-state index is 12.7. The van der Waals surface area contributed by atoms with Crippen molar-refractivity contribution >= 4 is 5.97 Å². The number of esters is 1. The molecule has 1 atom stereocenters. The van der Waals surface area contributed by atoms with Crippen LogP contribution < -0.4 is 4.74 Å². The molecule has 0 aliphatic carbocycles.